The summed E-state index contributed by atoms with van der Waals surface area (Å²) in [6.45, 7) is 0.658. The largest absolute Gasteiger partial charge is 0.372 e. The monoisotopic (exact) mass is 325 g/mol. The molecule has 5 nitrogen and oxygen atoms in total. The predicted octanol–water partition coefficient (Wildman–Crippen LogP) is 2.56. The highest BCUT2D eigenvalue weighted by Gasteiger charge is 2.27. The third-order valence-corrected chi connectivity index (χ3v) is 5.16. The second-order valence-corrected chi connectivity index (χ2v) is 6.82. The van der Waals surface area contributed by atoms with Crippen molar-refractivity contribution in [1.82, 2.24) is 14.9 Å². The Bertz CT molecular complexity index is 753. The quantitative estimate of drug-likeness (QED) is 0.943. The Hall–Kier alpha value is -2.14. The Morgan fingerprint density at radius 3 is 3.04 bits per heavy atom. The van der Waals surface area contributed by atoms with Crippen molar-refractivity contribution in [1.29, 1.82) is 0 Å². The van der Waals surface area contributed by atoms with Crippen LogP contribution >= 0.6 is 0 Å². The summed E-state index contributed by atoms with van der Waals surface area (Å²) >= 11 is 0. The topological polar surface area (TPSA) is 56.2 Å². The predicted molar refractivity (Wildman–Crippen MR) is 90.9 cm³/mol. The Morgan fingerprint density at radius 2 is 2.21 bits per heavy atom. The minimum atomic E-state index is -0.00318. The fourth-order valence-corrected chi connectivity index (χ4v) is 3.79. The molecule has 1 fully saturated rings. The van der Waals surface area contributed by atoms with Crippen molar-refractivity contribution >= 4 is 5.91 Å². The van der Waals surface area contributed by atoms with Crippen LogP contribution in [0.15, 0.2) is 30.7 Å². The SMILES string of the molecule is Cn1cncc1[C@H]1C[C@H](NC(=O)c2ccc3c(c2)CCC3)CCO1. The molecule has 126 valence electrons. The van der Waals surface area contributed by atoms with Gasteiger partial charge >= 0.3 is 0 Å². The molecular weight excluding hydrogens is 302 g/mol. The third-order valence-electron chi connectivity index (χ3n) is 5.16. The average molecular weight is 325 g/mol. The van der Waals surface area contributed by atoms with Crippen LogP contribution in [0.1, 0.15) is 52.5 Å². The van der Waals surface area contributed by atoms with Crippen molar-refractivity contribution in [2.45, 2.75) is 44.2 Å². The lowest BCUT2D eigenvalue weighted by molar-refractivity contribution is -0.00301. The molecule has 2 aliphatic rings. The molecule has 1 aliphatic carbocycles. The summed E-state index contributed by atoms with van der Waals surface area (Å²) < 4.78 is 7.85. The molecule has 1 amide bonds. The van der Waals surface area contributed by atoms with Crippen LogP contribution in [0.4, 0.5) is 0 Å². The summed E-state index contributed by atoms with van der Waals surface area (Å²) in [5.74, 6) is 0.0281. The molecule has 0 unspecified atom stereocenters. The lowest BCUT2D eigenvalue weighted by Crippen LogP contribution is -2.40. The van der Waals surface area contributed by atoms with E-state index in [9.17, 15) is 4.79 Å². The van der Waals surface area contributed by atoms with E-state index in [1.165, 1.54) is 17.5 Å². The van der Waals surface area contributed by atoms with E-state index < -0.39 is 0 Å². The lowest BCUT2D eigenvalue weighted by atomic mass is 10.00. The maximum absolute atomic E-state index is 12.6. The maximum atomic E-state index is 12.6. The van der Waals surface area contributed by atoms with E-state index >= 15 is 0 Å². The van der Waals surface area contributed by atoms with Crippen LogP contribution in [0.25, 0.3) is 0 Å². The first-order valence-corrected chi connectivity index (χ1v) is 8.71. The van der Waals surface area contributed by atoms with E-state index in [1.807, 2.05) is 23.9 Å². The lowest BCUT2D eigenvalue weighted by Gasteiger charge is -2.30. The van der Waals surface area contributed by atoms with Gasteiger partial charge in [0.05, 0.1) is 18.2 Å². The van der Waals surface area contributed by atoms with Crippen molar-refractivity contribution in [3.8, 4) is 0 Å². The molecule has 4 rings (SSSR count). The first kappa shape index (κ1) is 15.4. The van der Waals surface area contributed by atoms with Crippen molar-refractivity contribution in [3.05, 3.63) is 53.1 Å². The first-order chi connectivity index (χ1) is 11.7. The van der Waals surface area contributed by atoms with Gasteiger partial charge in [0.25, 0.3) is 5.91 Å². The van der Waals surface area contributed by atoms with Gasteiger partial charge in [0.15, 0.2) is 0 Å². The molecule has 2 atom stereocenters. The van der Waals surface area contributed by atoms with Gasteiger partial charge in [0.1, 0.15) is 6.10 Å². The summed E-state index contributed by atoms with van der Waals surface area (Å²) in [7, 11) is 1.97. The Labute approximate surface area is 142 Å². The molecule has 0 bridgehead atoms. The van der Waals surface area contributed by atoms with E-state index in [0.29, 0.717) is 6.61 Å². The zero-order valence-electron chi connectivity index (χ0n) is 14.0. The Kier molecular flexibility index (Phi) is 4.10. The number of carbonyl (C=O) groups excluding carboxylic acids is 1. The molecule has 2 heterocycles. The number of imidazole rings is 1. The van der Waals surface area contributed by atoms with Crippen molar-refractivity contribution in [3.63, 3.8) is 0 Å². The van der Waals surface area contributed by atoms with Gasteiger partial charge in [-0.3, -0.25) is 4.79 Å². The van der Waals surface area contributed by atoms with E-state index in [4.69, 9.17) is 4.74 Å². The summed E-state index contributed by atoms with van der Waals surface area (Å²) in [6, 6.07) is 6.27. The van der Waals surface area contributed by atoms with Crippen molar-refractivity contribution < 1.29 is 9.53 Å². The molecule has 1 aromatic carbocycles. The molecule has 0 radical (unpaired) electrons. The molecule has 1 aliphatic heterocycles. The van der Waals surface area contributed by atoms with Crippen LogP contribution in [0.5, 0.6) is 0 Å². The van der Waals surface area contributed by atoms with Crippen LogP contribution in [-0.2, 0) is 24.6 Å². The van der Waals surface area contributed by atoms with Crippen LogP contribution in [-0.4, -0.2) is 28.1 Å². The molecule has 1 saturated heterocycles. The minimum Gasteiger partial charge on any atom is -0.372 e. The van der Waals surface area contributed by atoms with Gasteiger partial charge < -0.3 is 14.6 Å². The minimum absolute atomic E-state index is 0.00318. The molecule has 1 N–H and O–H groups in total. The van der Waals surface area contributed by atoms with Gasteiger partial charge in [-0.2, -0.15) is 0 Å². The highest BCUT2D eigenvalue weighted by molar-refractivity contribution is 5.94. The van der Waals surface area contributed by atoms with E-state index in [-0.39, 0.29) is 18.1 Å². The number of nitrogens with one attached hydrogen (secondary N) is 1. The maximum Gasteiger partial charge on any atom is 0.251 e. The zero-order valence-corrected chi connectivity index (χ0v) is 14.0. The molecule has 2 aromatic rings. The highest BCUT2D eigenvalue weighted by Crippen LogP contribution is 2.28. The van der Waals surface area contributed by atoms with Gasteiger partial charge in [0.2, 0.25) is 0 Å². The van der Waals surface area contributed by atoms with Crippen LogP contribution < -0.4 is 5.32 Å². The Morgan fingerprint density at radius 1 is 1.33 bits per heavy atom. The van der Waals surface area contributed by atoms with Gasteiger partial charge in [-0.25, -0.2) is 4.98 Å². The normalized spacial score (nSPS) is 23.0. The highest BCUT2D eigenvalue weighted by atomic mass is 16.5. The summed E-state index contributed by atoms with van der Waals surface area (Å²) in [5.41, 5.74) is 4.57. The number of aryl methyl sites for hydroxylation is 3. The smallest absolute Gasteiger partial charge is 0.251 e. The average Bonchev–Trinajstić information content (AvgIpc) is 3.22. The van der Waals surface area contributed by atoms with Gasteiger partial charge in [0, 0.05) is 25.3 Å². The zero-order chi connectivity index (χ0) is 16.5. The number of hydrogen-bond acceptors (Lipinski definition) is 3. The number of rotatable bonds is 3. The molecule has 1 aromatic heterocycles. The van der Waals surface area contributed by atoms with E-state index in [0.717, 1.165) is 36.9 Å². The van der Waals surface area contributed by atoms with Crippen molar-refractivity contribution in [2.24, 2.45) is 7.05 Å². The summed E-state index contributed by atoms with van der Waals surface area (Å²) in [6.07, 6.45) is 8.70. The standard InChI is InChI=1S/C19H23N3O2/c1-22-12-20-11-17(22)18-10-16(7-8-24-18)21-19(23)15-6-5-13-3-2-4-14(13)9-15/h5-6,9,11-12,16,18H,2-4,7-8,10H2,1H3,(H,21,23)/t16-,18-/m1/s1. The first-order valence-electron chi connectivity index (χ1n) is 8.71. The number of benzene rings is 1. The number of fused-ring (bicyclic) bond motifs is 1. The molecule has 0 spiro atoms. The third kappa shape index (κ3) is 2.96. The van der Waals surface area contributed by atoms with Crippen LogP contribution in [0.2, 0.25) is 0 Å². The molecule has 24 heavy (non-hydrogen) atoms. The number of amides is 1. The number of ether oxygens (including phenoxy) is 1. The summed E-state index contributed by atoms with van der Waals surface area (Å²) in [5, 5.41) is 3.19. The number of aromatic nitrogens is 2. The van der Waals surface area contributed by atoms with Crippen molar-refractivity contribution in [2.75, 3.05) is 6.61 Å². The van der Waals surface area contributed by atoms with Crippen LogP contribution in [0, 0.1) is 0 Å². The summed E-state index contributed by atoms with van der Waals surface area (Å²) in [4.78, 5) is 16.8. The fraction of sp³-hybridized carbons (Fsp3) is 0.474. The van der Waals surface area contributed by atoms with Gasteiger partial charge in [-0.1, -0.05) is 6.07 Å². The van der Waals surface area contributed by atoms with E-state index in [2.05, 4.69) is 22.4 Å². The number of carbonyl (C=O) groups is 1. The number of nitrogens with zero attached hydrogens (tertiary/aromatic N) is 2. The van der Waals surface area contributed by atoms with E-state index in [1.54, 1.807) is 6.33 Å². The second-order valence-electron chi connectivity index (χ2n) is 6.82. The number of hydrogen-bond donors (Lipinski definition) is 1. The second kappa shape index (κ2) is 6.40. The molecule has 0 saturated carbocycles. The molecular formula is C19H23N3O2. The van der Waals surface area contributed by atoms with Gasteiger partial charge in [-0.15, -0.1) is 0 Å². The van der Waals surface area contributed by atoms with Gasteiger partial charge in [-0.05, 0) is 55.4 Å². The fourth-order valence-electron chi connectivity index (χ4n) is 3.79. The Balaban J connectivity index is 1.43. The molecule has 5 heteroatoms. The van der Waals surface area contributed by atoms with Crippen LogP contribution in [0.3, 0.4) is 0 Å².